The predicted molar refractivity (Wildman–Crippen MR) is 124 cm³/mol. The van der Waals surface area contributed by atoms with Crippen LogP contribution in [0.25, 0.3) is 16.9 Å². The number of ether oxygens (including phenoxy) is 3. The molecule has 0 aliphatic carbocycles. The number of hydrogen-bond donors (Lipinski definition) is 0. The molecule has 0 aromatic carbocycles. The van der Waals surface area contributed by atoms with Crippen LogP contribution in [0.15, 0.2) is 24.7 Å². The van der Waals surface area contributed by atoms with Crippen molar-refractivity contribution >= 4 is 0 Å². The third-order valence-corrected chi connectivity index (χ3v) is 6.50. The molecule has 0 bridgehead atoms. The minimum Gasteiger partial charge on any atom is -0.479 e. The average Bonchev–Trinajstić information content (AvgIpc) is 3.35. The molecule has 0 saturated carbocycles. The Morgan fingerprint density at radius 1 is 1.21 bits per heavy atom. The summed E-state index contributed by atoms with van der Waals surface area (Å²) in [5.41, 5.74) is 4.31. The van der Waals surface area contributed by atoms with Crippen LogP contribution in [0.5, 0.6) is 5.88 Å². The van der Waals surface area contributed by atoms with Gasteiger partial charge in [-0.1, -0.05) is 0 Å². The molecule has 2 aliphatic heterocycles. The van der Waals surface area contributed by atoms with Crippen LogP contribution in [0.4, 0.5) is 4.39 Å². The van der Waals surface area contributed by atoms with Gasteiger partial charge in [0.2, 0.25) is 5.88 Å². The standard InChI is InChI=1S/C24H31FN6O3/c1-16(2)29-6-9-34-19(14-29)15-30-13-18(12-27-30)31-22-5-8-33-7-4-20(22)23(28-31)17-10-21(25)24(32-3)26-11-17/h10-13,16,19H,4-9,14-15H2,1-3H3/t19-/m1/s1. The maximum absolute atomic E-state index is 14.4. The molecule has 182 valence electrons. The summed E-state index contributed by atoms with van der Waals surface area (Å²) in [5.74, 6) is -0.538. The van der Waals surface area contributed by atoms with Gasteiger partial charge in [0, 0.05) is 42.9 Å². The number of halogens is 1. The van der Waals surface area contributed by atoms with Crippen molar-refractivity contribution < 1.29 is 18.6 Å². The van der Waals surface area contributed by atoms with Crippen LogP contribution >= 0.6 is 0 Å². The highest BCUT2D eigenvalue weighted by atomic mass is 19.1. The summed E-state index contributed by atoms with van der Waals surface area (Å²) in [4.78, 5) is 6.53. The molecule has 34 heavy (non-hydrogen) atoms. The van der Waals surface area contributed by atoms with Gasteiger partial charge in [-0.25, -0.2) is 14.1 Å². The summed E-state index contributed by atoms with van der Waals surface area (Å²) in [7, 11) is 1.40. The quantitative estimate of drug-likeness (QED) is 0.548. The smallest absolute Gasteiger partial charge is 0.250 e. The van der Waals surface area contributed by atoms with Crippen molar-refractivity contribution in [3.05, 3.63) is 41.7 Å². The van der Waals surface area contributed by atoms with E-state index in [1.165, 1.54) is 13.2 Å². The third kappa shape index (κ3) is 4.57. The minimum absolute atomic E-state index is 0.0279. The van der Waals surface area contributed by atoms with E-state index in [2.05, 4.69) is 28.8 Å². The highest BCUT2D eigenvalue weighted by molar-refractivity contribution is 5.65. The summed E-state index contributed by atoms with van der Waals surface area (Å²) in [6, 6.07) is 1.92. The summed E-state index contributed by atoms with van der Waals surface area (Å²) in [5, 5.41) is 9.47. The van der Waals surface area contributed by atoms with Gasteiger partial charge in [0.05, 0.1) is 63.4 Å². The van der Waals surface area contributed by atoms with Crippen LogP contribution in [0, 0.1) is 5.82 Å². The number of methoxy groups -OCH3 is 1. The topological polar surface area (TPSA) is 79.5 Å². The maximum atomic E-state index is 14.4. The molecule has 1 fully saturated rings. The van der Waals surface area contributed by atoms with Crippen LogP contribution in [0.2, 0.25) is 0 Å². The van der Waals surface area contributed by atoms with E-state index < -0.39 is 5.82 Å². The summed E-state index contributed by atoms with van der Waals surface area (Å²) >= 11 is 0. The van der Waals surface area contributed by atoms with Gasteiger partial charge in [0.15, 0.2) is 5.82 Å². The van der Waals surface area contributed by atoms with Crippen molar-refractivity contribution in [1.82, 2.24) is 29.4 Å². The van der Waals surface area contributed by atoms with Gasteiger partial charge in [0.25, 0.3) is 0 Å². The maximum Gasteiger partial charge on any atom is 0.250 e. The number of morpholine rings is 1. The van der Waals surface area contributed by atoms with Crippen molar-refractivity contribution in [1.29, 1.82) is 0 Å². The second kappa shape index (κ2) is 9.81. The molecule has 5 heterocycles. The normalized spacial score (nSPS) is 19.3. The van der Waals surface area contributed by atoms with Crippen molar-refractivity contribution in [3.63, 3.8) is 0 Å². The summed E-state index contributed by atoms with van der Waals surface area (Å²) < 4.78 is 34.9. The van der Waals surface area contributed by atoms with Crippen LogP contribution in [0.1, 0.15) is 25.1 Å². The van der Waals surface area contributed by atoms with E-state index in [9.17, 15) is 4.39 Å². The highest BCUT2D eigenvalue weighted by Gasteiger charge is 2.25. The van der Waals surface area contributed by atoms with Crippen LogP contribution in [-0.4, -0.2) is 81.6 Å². The number of rotatable bonds is 6. The zero-order chi connectivity index (χ0) is 23.7. The SMILES string of the molecule is COc1ncc(-c2nn(-c3cnn(C[C@H]4CN(C(C)C)CCO4)c3)c3c2CCOCC3)cc1F. The zero-order valence-corrected chi connectivity index (χ0v) is 19.9. The van der Waals surface area contributed by atoms with Crippen LogP contribution in [0.3, 0.4) is 0 Å². The van der Waals surface area contributed by atoms with E-state index in [4.69, 9.17) is 19.3 Å². The molecule has 10 heteroatoms. The Hall–Kier alpha value is -2.82. The molecule has 5 rings (SSSR count). The molecule has 0 N–H and O–H groups in total. The average molecular weight is 471 g/mol. The molecule has 0 amide bonds. The molecule has 9 nitrogen and oxygen atoms in total. The largest absolute Gasteiger partial charge is 0.479 e. The molecule has 2 aliphatic rings. The van der Waals surface area contributed by atoms with Crippen LogP contribution in [-0.2, 0) is 28.9 Å². The van der Waals surface area contributed by atoms with Gasteiger partial charge < -0.3 is 14.2 Å². The van der Waals surface area contributed by atoms with E-state index >= 15 is 0 Å². The second-order valence-corrected chi connectivity index (χ2v) is 9.02. The van der Waals surface area contributed by atoms with Crippen molar-refractivity contribution in [2.24, 2.45) is 0 Å². The van der Waals surface area contributed by atoms with Crippen LogP contribution < -0.4 is 4.74 Å². The molecule has 0 unspecified atom stereocenters. The monoisotopic (exact) mass is 470 g/mol. The Kier molecular flexibility index (Phi) is 6.62. The molecule has 3 aromatic rings. The van der Waals surface area contributed by atoms with E-state index in [1.54, 1.807) is 6.20 Å². The number of nitrogens with zero attached hydrogens (tertiary/aromatic N) is 6. The van der Waals surface area contributed by atoms with Crippen molar-refractivity contribution in [3.8, 4) is 22.8 Å². The molecule has 3 aromatic heterocycles. The summed E-state index contributed by atoms with van der Waals surface area (Å²) in [6.07, 6.45) is 6.93. The zero-order valence-electron chi connectivity index (χ0n) is 19.9. The first-order valence-corrected chi connectivity index (χ1v) is 11.8. The number of aromatic nitrogens is 5. The first kappa shape index (κ1) is 22.9. The van der Waals surface area contributed by atoms with Gasteiger partial charge in [0.1, 0.15) is 5.69 Å². The van der Waals surface area contributed by atoms with E-state index in [-0.39, 0.29) is 12.0 Å². The third-order valence-electron chi connectivity index (χ3n) is 6.50. The predicted octanol–water partition coefficient (Wildman–Crippen LogP) is 2.50. The van der Waals surface area contributed by atoms with Gasteiger partial charge in [-0.05, 0) is 26.3 Å². The minimum atomic E-state index is -0.510. The van der Waals surface area contributed by atoms with Crippen molar-refractivity contribution in [2.45, 2.75) is 45.4 Å². The lowest BCUT2D eigenvalue weighted by molar-refractivity contribution is -0.0469. The van der Waals surface area contributed by atoms with Gasteiger partial charge in [-0.2, -0.15) is 10.2 Å². The number of fused-ring (bicyclic) bond motifs is 1. The van der Waals surface area contributed by atoms with Gasteiger partial charge in [-0.15, -0.1) is 0 Å². The number of hydrogen-bond acceptors (Lipinski definition) is 7. The summed E-state index contributed by atoms with van der Waals surface area (Å²) in [6.45, 7) is 8.90. The molecule has 1 saturated heterocycles. The Bertz CT molecular complexity index is 1140. The lowest BCUT2D eigenvalue weighted by atomic mass is 10.0. The first-order chi connectivity index (χ1) is 16.5. The molecule has 1 atom stereocenters. The van der Waals surface area contributed by atoms with E-state index in [0.717, 1.165) is 36.6 Å². The fourth-order valence-corrected chi connectivity index (χ4v) is 4.69. The van der Waals surface area contributed by atoms with E-state index in [1.807, 2.05) is 21.8 Å². The lowest BCUT2D eigenvalue weighted by Gasteiger charge is -2.35. The van der Waals surface area contributed by atoms with Crippen molar-refractivity contribution in [2.75, 3.05) is 40.0 Å². The Morgan fingerprint density at radius 3 is 2.85 bits per heavy atom. The lowest BCUT2D eigenvalue weighted by Crippen LogP contribution is -2.47. The van der Waals surface area contributed by atoms with E-state index in [0.29, 0.717) is 49.9 Å². The molecule has 0 spiro atoms. The second-order valence-electron chi connectivity index (χ2n) is 9.02. The first-order valence-electron chi connectivity index (χ1n) is 11.8. The Morgan fingerprint density at radius 2 is 2.06 bits per heavy atom. The van der Waals surface area contributed by atoms with Gasteiger partial charge >= 0.3 is 0 Å². The Labute approximate surface area is 198 Å². The number of pyridine rings is 1. The molecular formula is C24H31FN6O3. The fraction of sp³-hybridized carbons (Fsp3) is 0.542. The fourth-order valence-electron chi connectivity index (χ4n) is 4.69. The molecular weight excluding hydrogens is 439 g/mol. The highest BCUT2D eigenvalue weighted by Crippen LogP contribution is 2.31. The Balaban J connectivity index is 1.44. The molecule has 0 radical (unpaired) electrons. The van der Waals surface area contributed by atoms with Gasteiger partial charge in [-0.3, -0.25) is 9.58 Å².